The van der Waals surface area contributed by atoms with Crippen LogP contribution in [0.5, 0.6) is 11.5 Å². The van der Waals surface area contributed by atoms with Gasteiger partial charge in [-0.2, -0.15) is 0 Å². The van der Waals surface area contributed by atoms with E-state index in [4.69, 9.17) is 14.6 Å². The van der Waals surface area contributed by atoms with Crippen LogP contribution in [0.25, 0.3) is 0 Å². The summed E-state index contributed by atoms with van der Waals surface area (Å²) in [5.41, 5.74) is -0.232. The number of nitrogens with one attached hydrogen (secondary N) is 1. The summed E-state index contributed by atoms with van der Waals surface area (Å²) in [6, 6.07) is 10.6. The molecule has 0 unspecified atom stereocenters. The van der Waals surface area contributed by atoms with Crippen LogP contribution in [0.1, 0.15) is 30.1 Å². The average Bonchev–Trinajstić information content (AvgIpc) is 2.62. The van der Waals surface area contributed by atoms with E-state index in [1.807, 2.05) is 19.1 Å². The number of carboxylic acid groups (broad SMARTS) is 1. The van der Waals surface area contributed by atoms with E-state index in [1.54, 1.807) is 12.1 Å². The number of aromatic carboxylic acids is 1. The van der Waals surface area contributed by atoms with E-state index in [1.165, 1.54) is 12.1 Å². The van der Waals surface area contributed by atoms with Crippen LogP contribution in [0.3, 0.4) is 0 Å². The van der Waals surface area contributed by atoms with Gasteiger partial charge in [-0.3, -0.25) is 4.79 Å². The van der Waals surface area contributed by atoms with Crippen LogP contribution in [0, 0.1) is 5.82 Å². The van der Waals surface area contributed by atoms with Crippen molar-refractivity contribution >= 4 is 17.6 Å². The lowest BCUT2D eigenvalue weighted by molar-refractivity contribution is -0.116. The summed E-state index contributed by atoms with van der Waals surface area (Å²) >= 11 is 0. The maximum absolute atomic E-state index is 13.8. The smallest absolute Gasteiger partial charge is 0.335 e. The zero-order valence-corrected chi connectivity index (χ0v) is 14.3. The molecule has 0 saturated carbocycles. The second-order valence-electron chi connectivity index (χ2n) is 5.38. The second kappa shape index (κ2) is 9.41. The Bertz CT molecular complexity index is 778. The zero-order chi connectivity index (χ0) is 18.9. The molecule has 138 valence electrons. The topological polar surface area (TPSA) is 84.9 Å². The van der Waals surface area contributed by atoms with Crippen LogP contribution in [0.4, 0.5) is 10.1 Å². The number of halogens is 1. The van der Waals surface area contributed by atoms with Crippen molar-refractivity contribution in [2.24, 2.45) is 0 Å². The Morgan fingerprint density at radius 2 is 1.81 bits per heavy atom. The molecule has 1 amide bonds. The fourth-order valence-corrected chi connectivity index (χ4v) is 2.22. The molecule has 26 heavy (non-hydrogen) atoms. The maximum atomic E-state index is 13.8. The normalized spacial score (nSPS) is 10.2. The minimum Gasteiger partial charge on any atom is -0.490 e. The van der Waals surface area contributed by atoms with Gasteiger partial charge in [0.05, 0.1) is 24.5 Å². The highest BCUT2D eigenvalue weighted by Crippen LogP contribution is 2.26. The molecule has 0 aliphatic rings. The highest BCUT2D eigenvalue weighted by molar-refractivity contribution is 5.92. The third-order valence-electron chi connectivity index (χ3n) is 3.44. The largest absolute Gasteiger partial charge is 0.490 e. The summed E-state index contributed by atoms with van der Waals surface area (Å²) in [5, 5.41) is 11.2. The van der Waals surface area contributed by atoms with E-state index in [0.717, 1.165) is 6.07 Å². The van der Waals surface area contributed by atoms with Gasteiger partial charge in [-0.05, 0) is 43.7 Å². The van der Waals surface area contributed by atoms with Crippen LogP contribution in [-0.4, -0.2) is 30.2 Å². The van der Waals surface area contributed by atoms with Crippen LogP contribution in [-0.2, 0) is 4.79 Å². The monoisotopic (exact) mass is 361 g/mol. The molecule has 0 aromatic heterocycles. The molecule has 0 atom stereocenters. The maximum Gasteiger partial charge on any atom is 0.335 e. The van der Waals surface area contributed by atoms with Crippen molar-refractivity contribution in [3.05, 3.63) is 53.8 Å². The van der Waals surface area contributed by atoms with Gasteiger partial charge in [0.1, 0.15) is 5.82 Å². The Labute approximate surface area is 150 Å². The standard InChI is InChI=1S/C19H20FNO5/c1-2-25-16-6-3-4-7-17(16)26-11-5-8-18(22)21-15-10-9-13(19(23)24)12-14(15)20/h3-4,6-7,9-10,12H,2,5,8,11H2,1H3,(H,21,22)(H,23,24). The number of carboxylic acids is 1. The van der Waals surface area contributed by atoms with Gasteiger partial charge >= 0.3 is 5.97 Å². The van der Waals surface area contributed by atoms with Gasteiger partial charge in [0.15, 0.2) is 11.5 Å². The van der Waals surface area contributed by atoms with Crippen LogP contribution >= 0.6 is 0 Å². The van der Waals surface area contributed by atoms with Gasteiger partial charge in [-0.1, -0.05) is 12.1 Å². The third-order valence-corrected chi connectivity index (χ3v) is 3.44. The average molecular weight is 361 g/mol. The van der Waals surface area contributed by atoms with Crippen molar-refractivity contribution in [3.8, 4) is 11.5 Å². The van der Waals surface area contributed by atoms with Crippen molar-refractivity contribution in [2.45, 2.75) is 19.8 Å². The molecule has 6 nitrogen and oxygen atoms in total. The molecule has 7 heteroatoms. The van der Waals surface area contributed by atoms with Crippen molar-refractivity contribution in [1.82, 2.24) is 0 Å². The Morgan fingerprint density at radius 1 is 1.12 bits per heavy atom. The number of anilines is 1. The molecule has 0 heterocycles. The molecule has 2 aromatic rings. The predicted octanol–water partition coefficient (Wildman–Crippen LogP) is 3.72. The first-order valence-electron chi connectivity index (χ1n) is 8.18. The highest BCUT2D eigenvalue weighted by Gasteiger charge is 2.11. The molecule has 2 N–H and O–H groups in total. The lowest BCUT2D eigenvalue weighted by Gasteiger charge is -2.11. The number of para-hydroxylation sites is 2. The minimum absolute atomic E-state index is 0.0531. The van der Waals surface area contributed by atoms with Gasteiger partial charge in [-0.25, -0.2) is 9.18 Å². The first kappa shape index (κ1) is 19.2. The third kappa shape index (κ3) is 5.47. The summed E-state index contributed by atoms with van der Waals surface area (Å²) in [7, 11) is 0. The molecule has 0 bridgehead atoms. The number of rotatable bonds is 9. The van der Waals surface area contributed by atoms with Crippen LogP contribution in [0.15, 0.2) is 42.5 Å². The fourth-order valence-electron chi connectivity index (χ4n) is 2.22. The number of hydrogen-bond acceptors (Lipinski definition) is 4. The van der Waals surface area contributed by atoms with Crippen LogP contribution < -0.4 is 14.8 Å². The fraction of sp³-hybridized carbons (Fsp3) is 0.263. The predicted molar refractivity (Wildman–Crippen MR) is 94.3 cm³/mol. The van der Waals surface area contributed by atoms with E-state index in [0.29, 0.717) is 31.1 Å². The quantitative estimate of drug-likeness (QED) is 0.665. The molecule has 0 radical (unpaired) electrons. The number of ether oxygens (including phenoxy) is 2. The zero-order valence-electron chi connectivity index (χ0n) is 14.3. The lowest BCUT2D eigenvalue weighted by Crippen LogP contribution is -2.14. The van der Waals surface area contributed by atoms with E-state index in [-0.39, 0.29) is 23.6 Å². The number of carbonyl (C=O) groups excluding carboxylic acids is 1. The molecule has 0 fully saturated rings. The number of hydrogen-bond donors (Lipinski definition) is 2. The number of benzene rings is 2. The van der Waals surface area contributed by atoms with Gasteiger partial charge in [0.25, 0.3) is 0 Å². The molecule has 0 aliphatic heterocycles. The van der Waals surface area contributed by atoms with E-state index in [9.17, 15) is 14.0 Å². The minimum atomic E-state index is -1.23. The summed E-state index contributed by atoms with van der Waals surface area (Å²) in [6.45, 7) is 2.70. The molecule has 0 spiro atoms. The number of amides is 1. The second-order valence-corrected chi connectivity index (χ2v) is 5.38. The first-order valence-corrected chi connectivity index (χ1v) is 8.18. The first-order chi connectivity index (χ1) is 12.5. The summed E-state index contributed by atoms with van der Waals surface area (Å²) < 4.78 is 24.8. The van der Waals surface area contributed by atoms with Crippen molar-refractivity contribution in [2.75, 3.05) is 18.5 Å². The van der Waals surface area contributed by atoms with Crippen molar-refractivity contribution in [1.29, 1.82) is 0 Å². The van der Waals surface area contributed by atoms with Gasteiger partial charge in [0, 0.05) is 6.42 Å². The van der Waals surface area contributed by atoms with Gasteiger partial charge in [0.2, 0.25) is 5.91 Å². The molecule has 0 saturated heterocycles. The molecule has 2 rings (SSSR count). The Hall–Kier alpha value is -3.09. The summed E-state index contributed by atoms with van der Waals surface area (Å²) in [5.74, 6) is -1.16. The Balaban J connectivity index is 1.80. The van der Waals surface area contributed by atoms with Gasteiger partial charge < -0.3 is 19.9 Å². The van der Waals surface area contributed by atoms with Crippen molar-refractivity contribution < 1.29 is 28.6 Å². The number of carbonyl (C=O) groups is 2. The summed E-state index contributed by atoms with van der Waals surface area (Å²) in [4.78, 5) is 22.7. The van der Waals surface area contributed by atoms with E-state index in [2.05, 4.69) is 5.32 Å². The highest BCUT2D eigenvalue weighted by atomic mass is 19.1. The summed E-state index contributed by atoms with van der Waals surface area (Å²) in [6.07, 6.45) is 0.568. The lowest BCUT2D eigenvalue weighted by atomic mass is 10.2. The van der Waals surface area contributed by atoms with Gasteiger partial charge in [-0.15, -0.1) is 0 Å². The van der Waals surface area contributed by atoms with Crippen molar-refractivity contribution in [3.63, 3.8) is 0 Å². The Morgan fingerprint density at radius 3 is 2.42 bits per heavy atom. The molecule has 2 aromatic carbocycles. The van der Waals surface area contributed by atoms with E-state index < -0.39 is 11.8 Å². The molecular weight excluding hydrogens is 341 g/mol. The Kier molecular flexibility index (Phi) is 6.96. The van der Waals surface area contributed by atoms with Crippen LogP contribution in [0.2, 0.25) is 0 Å². The molecular formula is C19H20FNO5. The molecule has 0 aliphatic carbocycles. The van der Waals surface area contributed by atoms with E-state index >= 15 is 0 Å². The SMILES string of the molecule is CCOc1ccccc1OCCCC(=O)Nc1ccc(C(=O)O)cc1F.